The highest BCUT2D eigenvalue weighted by Crippen LogP contribution is 2.19. The summed E-state index contributed by atoms with van der Waals surface area (Å²) in [6, 6.07) is 0. The Labute approximate surface area is 133 Å². The first kappa shape index (κ1) is 18.7. The first-order valence-corrected chi connectivity index (χ1v) is 9.87. The number of rotatable bonds is 7. The molecule has 0 aromatic rings. The quantitative estimate of drug-likeness (QED) is 0.387. The van der Waals surface area contributed by atoms with Crippen LogP contribution in [0.2, 0.25) is 0 Å². The second-order valence-electron chi connectivity index (χ2n) is 5.84. The Bertz CT molecular complexity index is 490. The maximum atomic E-state index is 11.1. The van der Waals surface area contributed by atoms with Crippen LogP contribution in [0.15, 0.2) is 4.99 Å². The fourth-order valence-corrected chi connectivity index (χ4v) is 3.30. The van der Waals surface area contributed by atoms with Crippen molar-refractivity contribution in [2.24, 2.45) is 16.6 Å². The number of aliphatic imine (C=N–C) groups is 1. The van der Waals surface area contributed by atoms with E-state index >= 15 is 0 Å². The van der Waals surface area contributed by atoms with Crippen molar-refractivity contribution in [2.75, 3.05) is 38.2 Å². The van der Waals surface area contributed by atoms with Gasteiger partial charge in [-0.3, -0.25) is 9.79 Å². The van der Waals surface area contributed by atoms with Crippen LogP contribution in [0.5, 0.6) is 0 Å². The number of likely N-dealkylation sites (tertiary alicyclic amines) is 1. The minimum Gasteiger partial charge on any atom is -0.370 e. The van der Waals surface area contributed by atoms with Crippen LogP contribution >= 0.6 is 0 Å². The smallest absolute Gasteiger partial charge is 0.217 e. The Kier molecular flexibility index (Phi) is 7.64. The number of carbonyl (C=O) groups excluding carboxylic acids is 1. The molecule has 1 unspecified atom stereocenters. The van der Waals surface area contributed by atoms with E-state index in [9.17, 15) is 13.2 Å². The third kappa shape index (κ3) is 7.63. The minimum absolute atomic E-state index is 0.153. The van der Waals surface area contributed by atoms with Gasteiger partial charge < -0.3 is 16.0 Å². The summed E-state index contributed by atoms with van der Waals surface area (Å²) in [7, 11) is -2.94. The van der Waals surface area contributed by atoms with Crippen molar-refractivity contribution in [3.63, 3.8) is 0 Å². The molecule has 1 fully saturated rings. The molecular formula is C14H28N4O3S. The number of primary amides is 1. The largest absolute Gasteiger partial charge is 0.370 e. The Morgan fingerprint density at radius 1 is 1.45 bits per heavy atom. The van der Waals surface area contributed by atoms with Gasteiger partial charge in [-0.2, -0.15) is 0 Å². The number of hydrogen-bond acceptors (Lipinski definition) is 4. The lowest BCUT2D eigenvalue weighted by Crippen LogP contribution is -2.47. The Morgan fingerprint density at radius 2 is 2.18 bits per heavy atom. The summed E-state index contributed by atoms with van der Waals surface area (Å²) in [5.74, 6) is 0.957. The van der Waals surface area contributed by atoms with Crippen molar-refractivity contribution < 1.29 is 13.2 Å². The predicted octanol–water partition coefficient (Wildman–Crippen LogP) is -0.0260. The highest BCUT2D eigenvalue weighted by molar-refractivity contribution is 7.90. The molecule has 0 bridgehead atoms. The van der Waals surface area contributed by atoms with Gasteiger partial charge in [-0.1, -0.05) is 0 Å². The summed E-state index contributed by atoms with van der Waals surface area (Å²) in [5, 5.41) is 3.23. The van der Waals surface area contributed by atoms with E-state index in [2.05, 4.69) is 15.2 Å². The number of amides is 1. The number of nitrogens with zero attached hydrogens (tertiary/aromatic N) is 2. The topological polar surface area (TPSA) is 105 Å². The average Bonchev–Trinajstić information content (AvgIpc) is 2.40. The number of sulfone groups is 1. The van der Waals surface area contributed by atoms with Gasteiger partial charge in [0, 0.05) is 38.9 Å². The molecule has 1 rings (SSSR count). The molecule has 1 heterocycles. The normalized spacial score (nSPS) is 20.0. The third-order valence-electron chi connectivity index (χ3n) is 3.58. The van der Waals surface area contributed by atoms with E-state index in [4.69, 9.17) is 5.73 Å². The fraction of sp³-hybridized carbons (Fsp3) is 0.857. The van der Waals surface area contributed by atoms with Gasteiger partial charge in [-0.25, -0.2) is 8.42 Å². The number of nitrogens with one attached hydrogen (secondary N) is 1. The summed E-state index contributed by atoms with van der Waals surface area (Å²) < 4.78 is 22.3. The van der Waals surface area contributed by atoms with Crippen LogP contribution in [-0.2, 0) is 14.6 Å². The fourth-order valence-electron chi connectivity index (χ4n) is 2.65. The van der Waals surface area contributed by atoms with Gasteiger partial charge in [0.1, 0.15) is 9.84 Å². The van der Waals surface area contributed by atoms with Crippen LogP contribution in [0.1, 0.15) is 32.6 Å². The van der Waals surface area contributed by atoms with Crippen molar-refractivity contribution in [2.45, 2.75) is 32.6 Å². The maximum absolute atomic E-state index is 11.1. The molecule has 0 radical (unpaired) electrons. The maximum Gasteiger partial charge on any atom is 0.217 e. The first-order valence-electron chi connectivity index (χ1n) is 7.81. The highest BCUT2D eigenvalue weighted by Gasteiger charge is 2.23. The average molecular weight is 332 g/mol. The molecule has 1 atom stereocenters. The summed E-state index contributed by atoms with van der Waals surface area (Å²) >= 11 is 0. The Hall–Kier alpha value is -1.31. The van der Waals surface area contributed by atoms with Gasteiger partial charge >= 0.3 is 0 Å². The summed E-state index contributed by atoms with van der Waals surface area (Å²) in [6.07, 6.45) is 4.18. The molecular weight excluding hydrogens is 304 g/mol. The molecule has 1 amide bonds. The molecule has 0 aromatic carbocycles. The lowest BCUT2D eigenvalue weighted by Gasteiger charge is -2.34. The van der Waals surface area contributed by atoms with Gasteiger partial charge in [-0.15, -0.1) is 0 Å². The van der Waals surface area contributed by atoms with E-state index < -0.39 is 9.84 Å². The Balaban J connectivity index is 2.58. The molecule has 0 saturated carbocycles. The summed E-state index contributed by atoms with van der Waals surface area (Å²) in [4.78, 5) is 17.7. The van der Waals surface area contributed by atoms with Gasteiger partial charge in [0.05, 0.1) is 5.75 Å². The molecule has 128 valence electrons. The molecule has 0 aliphatic carbocycles. The zero-order chi connectivity index (χ0) is 16.6. The molecule has 1 aliphatic rings. The van der Waals surface area contributed by atoms with E-state index in [1.807, 2.05) is 6.92 Å². The molecule has 0 aromatic heterocycles. The summed E-state index contributed by atoms with van der Waals surface area (Å²) in [6.45, 7) is 4.89. The highest BCUT2D eigenvalue weighted by atomic mass is 32.2. The predicted molar refractivity (Wildman–Crippen MR) is 88.4 cm³/mol. The molecule has 0 spiro atoms. The lowest BCUT2D eigenvalue weighted by molar-refractivity contribution is -0.119. The first-order chi connectivity index (χ1) is 10.3. The zero-order valence-electron chi connectivity index (χ0n) is 13.5. The van der Waals surface area contributed by atoms with Crippen molar-refractivity contribution in [1.29, 1.82) is 0 Å². The van der Waals surface area contributed by atoms with Crippen LogP contribution < -0.4 is 11.1 Å². The minimum atomic E-state index is -2.94. The van der Waals surface area contributed by atoms with Crippen LogP contribution in [0, 0.1) is 5.92 Å². The van der Waals surface area contributed by atoms with Crippen LogP contribution in [0.4, 0.5) is 0 Å². The zero-order valence-corrected chi connectivity index (χ0v) is 14.4. The number of carbonyl (C=O) groups is 1. The number of piperidine rings is 1. The number of guanidine groups is 1. The van der Waals surface area contributed by atoms with Crippen LogP contribution in [0.3, 0.4) is 0 Å². The number of hydrogen-bond donors (Lipinski definition) is 2. The summed E-state index contributed by atoms with van der Waals surface area (Å²) in [5.41, 5.74) is 5.28. The van der Waals surface area contributed by atoms with Crippen molar-refractivity contribution in [1.82, 2.24) is 10.2 Å². The lowest BCUT2D eigenvalue weighted by atomic mass is 9.95. The van der Waals surface area contributed by atoms with Crippen LogP contribution in [0.25, 0.3) is 0 Å². The third-order valence-corrected chi connectivity index (χ3v) is 4.61. The standard InChI is InChI=1S/C14H28N4O3S/c1-3-16-14(17-7-5-9-22(2,20)21)18-8-4-6-12(11-18)10-13(15)19/h12H,3-11H2,1-2H3,(H2,15,19)(H,16,17). The van der Waals surface area contributed by atoms with E-state index in [-0.39, 0.29) is 17.6 Å². The van der Waals surface area contributed by atoms with E-state index in [1.54, 1.807) is 0 Å². The SMILES string of the molecule is CCNC(=NCCCS(C)(=O)=O)N1CCCC(CC(N)=O)C1. The van der Waals surface area contributed by atoms with Gasteiger partial charge in [0.25, 0.3) is 0 Å². The van der Waals surface area contributed by atoms with Gasteiger partial charge in [-0.05, 0) is 32.1 Å². The molecule has 8 heteroatoms. The molecule has 1 aliphatic heterocycles. The van der Waals surface area contributed by atoms with Gasteiger partial charge in [0.15, 0.2) is 5.96 Å². The van der Waals surface area contributed by atoms with E-state index in [0.717, 1.165) is 38.4 Å². The Morgan fingerprint density at radius 3 is 2.77 bits per heavy atom. The molecule has 3 N–H and O–H groups in total. The van der Waals surface area contributed by atoms with E-state index in [1.165, 1.54) is 6.26 Å². The van der Waals surface area contributed by atoms with E-state index in [0.29, 0.717) is 19.4 Å². The number of nitrogens with two attached hydrogens (primary N) is 1. The van der Waals surface area contributed by atoms with Crippen LogP contribution in [-0.4, -0.2) is 63.4 Å². The molecule has 1 saturated heterocycles. The van der Waals surface area contributed by atoms with Gasteiger partial charge in [0.2, 0.25) is 5.91 Å². The van der Waals surface area contributed by atoms with Crippen molar-refractivity contribution in [3.8, 4) is 0 Å². The van der Waals surface area contributed by atoms with Crippen molar-refractivity contribution in [3.05, 3.63) is 0 Å². The molecule has 7 nitrogen and oxygen atoms in total. The monoisotopic (exact) mass is 332 g/mol. The molecule has 22 heavy (non-hydrogen) atoms. The second kappa shape index (κ2) is 8.97. The second-order valence-corrected chi connectivity index (χ2v) is 8.10. The van der Waals surface area contributed by atoms with Crippen molar-refractivity contribution >= 4 is 21.7 Å².